The molecule has 1 aliphatic heterocycles. The standard InChI is InChI=1S/C17H16F2N4O2/c1-17(9-25-8-15(20)23-17)12-6-11(3-4-13(12)19)22-16(24)14-5-2-10(18)7-21-14/h2-7H,8-9H2,1H3,(H2,20,23)(H,22,24)/t17-/m0/s1. The van der Waals surface area contributed by atoms with E-state index in [-0.39, 0.29) is 30.3 Å². The number of carbonyl (C=O) groups excluding carboxylic acids is 1. The molecule has 0 unspecified atom stereocenters. The van der Waals surface area contributed by atoms with Crippen LogP contribution in [-0.2, 0) is 10.3 Å². The molecule has 0 fully saturated rings. The summed E-state index contributed by atoms with van der Waals surface area (Å²) in [5.41, 5.74) is 5.36. The Morgan fingerprint density at radius 2 is 2.12 bits per heavy atom. The van der Waals surface area contributed by atoms with Crippen molar-refractivity contribution in [2.45, 2.75) is 12.5 Å². The number of amidine groups is 1. The Hall–Kier alpha value is -2.87. The molecule has 1 aromatic heterocycles. The molecule has 1 aliphatic rings. The number of nitrogens with one attached hydrogen (secondary N) is 1. The van der Waals surface area contributed by atoms with Crippen molar-refractivity contribution in [1.29, 1.82) is 0 Å². The monoisotopic (exact) mass is 346 g/mol. The van der Waals surface area contributed by atoms with E-state index in [2.05, 4.69) is 15.3 Å². The Labute approximate surface area is 142 Å². The Morgan fingerprint density at radius 1 is 1.32 bits per heavy atom. The van der Waals surface area contributed by atoms with Gasteiger partial charge in [-0.05, 0) is 37.3 Å². The van der Waals surface area contributed by atoms with Crippen LogP contribution in [0.15, 0.2) is 41.5 Å². The molecule has 0 radical (unpaired) electrons. The third-order valence-corrected chi connectivity index (χ3v) is 3.79. The molecule has 2 aromatic rings. The molecule has 8 heteroatoms. The smallest absolute Gasteiger partial charge is 0.274 e. The first-order valence-electron chi connectivity index (χ1n) is 7.52. The van der Waals surface area contributed by atoms with Gasteiger partial charge in [-0.25, -0.2) is 13.8 Å². The maximum absolute atomic E-state index is 14.3. The minimum absolute atomic E-state index is 0.0433. The van der Waals surface area contributed by atoms with Crippen LogP contribution >= 0.6 is 0 Å². The number of hydrogen-bond acceptors (Lipinski definition) is 5. The molecule has 1 amide bonds. The van der Waals surface area contributed by atoms with E-state index in [9.17, 15) is 13.6 Å². The van der Waals surface area contributed by atoms with Crippen molar-refractivity contribution in [3.63, 3.8) is 0 Å². The third-order valence-electron chi connectivity index (χ3n) is 3.79. The summed E-state index contributed by atoms with van der Waals surface area (Å²) in [4.78, 5) is 20.2. The number of nitrogens with zero attached hydrogens (tertiary/aromatic N) is 2. The lowest BCUT2D eigenvalue weighted by Gasteiger charge is -2.30. The summed E-state index contributed by atoms with van der Waals surface area (Å²) < 4.78 is 32.5. The summed E-state index contributed by atoms with van der Waals surface area (Å²) in [6, 6.07) is 6.52. The van der Waals surface area contributed by atoms with E-state index < -0.39 is 23.1 Å². The lowest BCUT2D eigenvalue weighted by Crippen LogP contribution is -2.38. The van der Waals surface area contributed by atoms with Gasteiger partial charge >= 0.3 is 0 Å². The largest absolute Gasteiger partial charge is 0.386 e. The van der Waals surface area contributed by atoms with E-state index in [0.717, 1.165) is 12.3 Å². The number of carbonyl (C=O) groups is 1. The summed E-state index contributed by atoms with van der Waals surface area (Å²) in [5.74, 6) is -1.28. The van der Waals surface area contributed by atoms with Crippen molar-refractivity contribution < 1.29 is 18.3 Å². The quantitative estimate of drug-likeness (QED) is 0.892. The van der Waals surface area contributed by atoms with E-state index in [4.69, 9.17) is 10.5 Å². The first kappa shape index (κ1) is 17.0. The molecule has 25 heavy (non-hydrogen) atoms. The molecule has 130 valence electrons. The fourth-order valence-corrected chi connectivity index (χ4v) is 2.59. The molecule has 0 saturated carbocycles. The molecule has 0 saturated heterocycles. The summed E-state index contributed by atoms with van der Waals surface area (Å²) in [5, 5.41) is 2.60. The van der Waals surface area contributed by atoms with E-state index in [0.29, 0.717) is 5.69 Å². The van der Waals surface area contributed by atoms with Crippen LogP contribution in [0.4, 0.5) is 14.5 Å². The Kier molecular flexibility index (Phi) is 4.45. The number of pyridine rings is 1. The minimum Gasteiger partial charge on any atom is -0.386 e. The zero-order valence-electron chi connectivity index (χ0n) is 13.4. The maximum atomic E-state index is 14.3. The Bertz CT molecular complexity index is 839. The molecule has 0 bridgehead atoms. The van der Waals surface area contributed by atoms with Crippen LogP contribution < -0.4 is 11.1 Å². The number of rotatable bonds is 3. The molecular weight excluding hydrogens is 330 g/mol. The van der Waals surface area contributed by atoms with E-state index in [1.807, 2.05) is 0 Å². The van der Waals surface area contributed by atoms with Crippen LogP contribution in [0.5, 0.6) is 0 Å². The van der Waals surface area contributed by atoms with Crippen molar-refractivity contribution in [2.24, 2.45) is 10.7 Å². The van der Waals surface area contributed by atoms with Gasteiger partial charge in [-0.2, -0.15) is 0 Å². The number of aromatic nitrogens is 1. The van der Waals surface area contributed by atoms with Gasteiger partial charge in [-0.3, -0.25) is 9.79 Å². The topological polar surface area (TPSA) is 89.6 Å². The lowest BCUT2D eigenvalue weighted by molar-refractivity contribution is 0.102. The summed E-state index contributed by atoms with van der Waals surface area (Å²) in [7, 11) is 0. The van der Waals surface area contributed by atoms with Crippen LogP contribution in [0.25, 0.3) is 0 Å². The SMILES string of the molecule is C[C@@]1(c2cc(NC(=O)c3ccc(F)cn3)ccc2F)COCC(N)=N1. The summed E-state index contributed by atoms with van der Waals surface area (Å²) in [6.07, 6.45) is 0.947. The van der Waals surface area contributed by atoms with Gasteiger partial charge in [0.25, 0.3) is 5.91 Å². The first-order valence-corrected chi connectivity index (χ1v) is 7.52. The van der Waals surface area contributed by atoms with Gasteiger partial charge < -0.3 is 15.8 Å². The zero-order chi connectivity index (χ0) is 18.0. The highest BCUT2D eigenvalue weighted by molar-refractivity contribution is 6.02. The number of halogens is 2. The van der Waals surface area contributed by atoms with Gasteiger partial charge in [0.1, 0.15) is 35.3 Å². The number of benzene rings is 1. The fraction of sp³-hybridized carbons (Fsp3) is 0.235. The predicted octanol–water partition coefficient (Wildman–Crippen LogP) is 2.21. The lowest BCUT2D eigenvalue weighted by atomic mass is 9.92. The molecule has 0 spiro atoms. The second-order valence-electron chi connectivity index (χ2n) is 5.88. The summed E-state index contributed by atoms with van der Waals surface area (Å²) in [6.45, 7) is 2.07. The molecule has 1 aromatic carbocycles. The van der Waals surface area contributed by atoms with Crippen molar-refractivity contribution >= 4 is 17.4 Å². The van der Waals surface area contributed by atoms with Crippen molar-refractivity contribution in [2.75, 3.05) is 18.5 Å². The average Bonchev–Trinajstić information content (AvgIpc) is 2.57. The van der Waals surface area contributed by atoms with Crippen LogP contribution in [0.3, 0.4) is 0 Å². The fourth-order valence-electron chi connectivity index (χ4n) is 2.59. The van der Waals surface area contributed by atoms with Crippen LogP contribution in [0.1, 0.15) is 23.0 Å². The molecule has 2 heterocycles. The third kappa shape index (κ3) is 3.63. The number of anilines is 1. The first-order chi connectivity index (χ1) is 11.9. The number of aliphatic imine (C=N–C) groups is 1. The highest BCUT2D eigenvalue weighted by Crippen LogP contribution is 2.32. The van der Waals surface area contributed by atoms with Crippen LogP contribution in [-0.4, -0.2) is 29.9 Å². The van der Waals surface area contributed by atoms with Crippen LogP contribution in [0, 0.1) is 11.6 Å². The maximum Gasteiger partial charge on any atom is 0.274 e. The highest BCUT2D eigenvalue weighted by Gasteiger charge is 2.33. The van der Waals surface area contributed by atoms with Crippen molar-refractivity contribution in [1.82, 2.24) is 4.98 Å². The average molecular weight is 346 g/mol. The number of nitrogens with two attached hydrogens (primary N) is 1. The molecule has 3 rings (SSSR count). The second kappa shape index (κ2) is 6.56. The normalized spacial score (nSPS) is 20.0. The second-order valence-corrected chi connectivity index (χ2v) is 5.88. The minimum atomic E-state index is -0.985. The number of amides is 1. The molecule has 1 atom stereocenters. The van der Waals surface area contributed by atoms with Gasteiger partial charge in [-0.15, -0.1) is 0 Å². The molecular formula is C17H16F2N4O2. The van der Waals surface area contributed by atoms with Gasteiger partial charge in [-0.1, -0.05) is 0 Å². The van der Waals surface area contributed by atoms with Crippen molar-refractivity contribution in [3.05, 3.63) is 59.4 Å². The zero-order valence-corrected chi connectivity index (χ0v) is 13.4. The van der Waals surface area contributed by atoms with E-state index in [1.165, 1.54) is 24.3 Å². The summed E-state index contributed by atoms with van der Waals surface area (Å²) >= 11 is 0. The Balaban J connectivity index is 1.88. The van der Waals surface area contributed by atoms with E-state index in [1.54, 1.807) is 6.92 Å². The van der Waals surface area contributed by atoms with Gasteiger partial charge in [0, 0.05) is 11.3 Å². The number of hydrogen-bond donors (Lipinski definition) is 2. The highest BCUT2D eigenvalue weighted by atomic mass is 19.1. The van der Waals surface area contributed by atoms with Gasteiger partial charge in [0.05, 0.1) is 12.8 Å². The van der Waals surface area contributed by atoms with Crippen LogP contribution in [0.2, 0.25) is 0 Å². The number of ether oxygens (including phenoxy) is 1. The molecule has 6 nitrogen and oxygen atoms in total. The molecule has 0 aliphatic carbocycles. The van der Waals surface area contributed by atoms with Gasteiger partial charge in [0.2, 0.25) is 0 Å². The Morgan fingerprint density at radius 3 is 2.80 bits per heavy atom. The van der Waals surface area contributed by atoms with E-state index >= 15 is 0 Å². The predicted molar refractivity (Wildman–Crippen MR) is 88.3 cm³/mol. The van der Waals surface area contributed by atoms with Crippen molar-refractivity contribution in [3.8, 4) is 0 Å². The molecule has 3 N–H and O–H groups in total. The van der Waals surface area contributed by atoms with Gasteiger partial charge in [0.15, 0.2) is 0 Å².